The zero-order valence-electron chi connectivity index (χ0n) is 14.9. The van der Waals surface area contributed by atoms with Crippen molar-refractivity contribution in [3.05, 3.63) is 84.9 Å². The molecule has 0 unspecified atom stereocenters. The Morgan fingerprint density at radius 1 is 0.429 bits per heavy atom. The number of hydrogen-bond acceptors (Lipinski definition) is 2. The van der Waals surface area contributed by atoms with Gasteiger partial charge in [0.15, 0.2) is 0 Å². The van der Waals surface area contributed by atoms with Crippen molar-refractivity contribution in [3.63, 3.8) is 0 Å². The average molecular weight is 364 g/mol. The second kappa shape index (κ2) is 5.30. The van der Waals surface area contributed by atoms with Crippen LogP contribution in [0.15, 0.2) is 84.9 Å². The molecule has 0 atom stereocenters. The van der Waals surface area contributed by atoms with Crippen LogP contribution in [-0.4, -0.2) is 19.6 Å². The van der Waals surface area contributed by atoms with Gasteiger partial charge in [0.05, 0.1) is 11.0 Å². The molecule has 0 spiro atoms. The van der Waals surface area contributed by atoms with E-state index < -0.39 is 0 Å². The smallest absolute Gasteiger partial charge is 0.141 e. The molecule has 0 radical (unpaired) electrons. The molecule has 6 aromatic rings. The molecular formula is C24H16N2O2. The van der Waals surface area contributed by atoms with Gasteiger partial charge in [-0.05, 0) is 24.3 Å². The molecule has 0 bridgehead atoms. The number of nitrogens with zero attached hydrogens (tertiary/aromatic N) is 2. The van der Waals surface area contributed by atoms with Gasteiger partial charge in [0.2, 0.25) is 0 Å². The first kappa shape index (κ1) is 15.2. The Bertz CT molecular complexity index is 1420. The maximum atomic E-state index is 10.8. The lowest BCUT2D eigenvalue weighted by Crippen LogP contribution is -2.08. The van der Waals surface area contributed by atoms with Crippen molar-refractivity contribution in [1.82, 2.24) is 9.35 Å². The molecule has 134 valence electrons. The van der Waals surface area contributed by atoms with Crippen LogP contribution in [0.1, 0.15) is 0 Å². The van der Waals surface area contributed by atoms with Crippen molar-refractivity contribution in [3.8, 4) is 11.5 Å². The number of rotatable bonds is 1. The molecule has 0 fully saturated rings. The Morgan fingerprint density at radius 3 is 1.29 bits per heavy atom. The maximum Gasteiger partial charge on any atom is 0.141 e. The van der Waals surface area contributed by atoms with E-state index in [9.17, 15) is 10.2 Å². The Hall–Kier alpha value is -3.92. The van der Waals surface area contributed by atoms with Crippen LogP contribution < -0.4 is 0 Å². The van der Waals surface area contributed by atoms with Gasteiger partial charge in [-0.3, -0.25) is 0 Å². The maximum absolute atomic E-state index is 10.8. The first-order valence-corrected chi connectivity index (χ1v) is 9.18. The van der Waals surface area contributed by atoms with E-state index in [0.717, 1.165) is 43.6 Å². The van der Waals surface area contributed by atoms with E-state index in [1.807, 2.05) is 70.0 Å². The van der Waals surface area contributed by atoms with Gasteiger partial charge in [0, 0.05) is 21.5 Å². The number of phenolic OH excluding ortho intramolecular Hbond substituents is 2. The summed E-state index contributed by atoms with van der Waals surface area (Å²) in [5.74, 6) is 0.408. The summed E-state index contributed by atoms with van der Waals surface area (Å²) in [6.45, 7) is 0. The van der Waals surface area contributed by atoms with Crippen molar-refractivity contribution < 1.29 is 10.2 Å². The van der Waals surface area contributed by atoms with Gasteiger partial charge < -0.3 is 10.2 Å². The summed E-state index contributed by atoms with van der Waals surface area (Å²) in [5.41, 5.74) is 3.36. The summed E-state index contributed by atoms with van der Waals surface area (Å²) in [6, 6.07) is 27.3. The Labute approximate surface area is 160 Å². The monoisotopic (exact) mass is 364 g/mol. The van der Waals surface area contributed by atoms with Crippen LogP contribution in [0.5, 0.6) is 11.5 Å². The third-order valence-corrected chi connectivity index (χ3v) is 5.50. The molecule has 2 heterocycles. The van der Waals surface area contributed by atoms with Gasteiger partial charge in [-0.25, -0.2) is 9.35 Å². The summed E-state index contributed by atoms with van der Waals surface area (Å²) in [4.78, 5) is 0. The highest BCUT2D eigenvalue weighted by Crippen LogP contribution is 2.39. The van der Waals surface area contributed by atoms with Gasteiger partial charge in [0.1, 0.15) is 22.5 Å². The molecule has 0 amide bonds. The highest BCUT2D eigenvalue weighted by molar-refractivity contribution is 6.13. The molecule has 0 saturated heterocycles. The second-order valence-corrected chi connectivity index (χ2v) is 7.00. The predicted molar refractivity (Wildman–Crippen MR) is 113 cm³/mol. The van der Waals surface area contributed by atoms with Gasteiger partial charge in [0.25, 0.3) is 0 Å². The third-order valence-electron chi connectivity index (χ3n) is 5.50. The molecule has 0 aliphatic heterocycles. The standard InChI is InChI=1S/C24H16N2O2/c27-21-13-5-9-17-15-7-1-3-11-19(15)25(23(17)21)26-20-12-4-2-8-16(20)18-10-6-14-22(28)24(18)26/h1-14,27-28H. The molecule has 0 aliphatic rings. The van der Waals surface area contributed by atoms with Crippen LogP contribution in [-0.2, 0) is 0 Å². The highest BCUT2D eigenvalue weighted by atomic mass is 16.3. The molecule has 28 heavy (non-hydrogen) atoms. The van der Waals surface area contributed by atoms with Crippen LogP contribution >= 0.6 is 0 Å². The molecule has 0 aliphatic carbocycles. The van der Waals surface area contributed by atoms with Crippen molar-refractivity contribution >= 4 is 43.6 Å². The number of aromatic hydroxyl groups is 2. The number of benzene rings is 4. The first-order valence-electron chi connectivity index (χ1n) is 9.18. The fourth-order valence-corrected chi connectivity index (χ4v) is 4.37. The SMILES string of the molecule is Oc1cccc2c3ccccc3n(-n3c4ccccc4c4cccc(O)c43)c12. The lowest BCUT2D eigenvalue weighted by atomic mass is 10.1. The van der Waals surface area contributed by atoms with E-state index >= 15 is 0 Å². The molecule has 4 heteroatoms. The topological polar surface area (TPSA) is 50.3 Å². The van der Waals surface area contributed by atoms with Crippen molar-refractivity contribution in [2.45, 2.75) is 0 Å². The number of phenols is 2. The highest BCUT2D eigenvalue weighted by Gasteiger charge is 2.20. The van der Waals surface area contributed by atoms with Crippen LogP contribution in [0.2, 0.25) is 0 Å². The molecular weight excluding hydrogens is 348 g/mol. The van der Waals surface area contributed by atoms with Crippen molar-refractivity contribution in [2.24, 2.45) is 0 Å². The van der Waals surface area contributed by atoms with Crippen LogP contribution in [0, 0.1) is 0 Å². The first-order chi connectivity index (χ1) is 13.8. The fourth-order valence-electron chi connectivity index (χ4n) is 4.37. The minimum atomic E-state index is 0.204. The van der Waals surface area contributed by atoms with Gasteiger partial charge in [-0.15, -0.1) is 0 Å². The molecule has 2 aromatic heterocycles. The number of aromatic nitrogens is 2. The summed E-state index contributed by atoms with van der Waals surface area (Å²) in [7, 11) is 0. The summed E-state index contributed by atoms with van der Waals surface area (Å²) < 4.78 is 4.01. The molecule has 4 nitrogen and oxygen atoms in total. The summed E-state index contributed by atoms with van der Waals surface area (Å²) in [6.07, 6.45) is 0. The van der Waals surface area contributed by atoms with Gasteiger partial charge >= 0.3 is 0 Å². The molecule has 4 aromatic carbocycles. The number of para-hydroxylation sites is 4. The normalized spacial score (nSPS) is 11.9. The summed E-state index contributed by atoms with van der Waals surface area (Å²) in [5, 5.41) is 25.6. The van der Waals surface area contributed by atoms with Gasteiger partial charge in [-0.2, -0.15) is 0 Å². The minimum absolute atomic E-state index is 0.204. The van der Waals surface area contributed by atoms with E-state index in [2.05, 4.69) is 12.1 Å². The van der Waals surface area contributed by atoms with Crippen LogP contribution in [0.25, 0.3) is 43.6 Å². The predicted octanol–water partition coefficient (Wildman–Crippen LogP) is 5.63. The van der Waals surface area contributed by atoms with Crippen molar-refractivity contribution in [1.29, 1.82) is 0 Å². The average Bonchev–Trinajstić information content (AvgIpc) is 3.23. The van der Waals surface area contributed by atoms with E-state index in [1.54, 1.807) is 12.1 Å². The zero-order chi connectivity index (χ0) is 18.8. The quantitative estimate of drug-likeness (QED) is 0.397. The lowest BCUT2D eigenvalue weighted by Gasteiger charge is -2.14. The van der Waals surface area contributed by atoms with E-state index in [0.29, 0.717) is 0 Å². The van der Waals surface area contributed by atoms with E-state index in [4.69, 9.17) is 0 Å². The third kappa shape index (κ3) is 1.79. The lowest BCUT2D eigenvalue weighted by molar-refractivity contribution is 0.473. The summed E-state index contributed by atoms with van der Waals surface area (Å²) >= 11 is 0. The Balaban J connectivity index is 1.96. The van der Waals surface area contributed by atoms with E-state index in [-0.39, 0.29) is 11.5 Å². The van der Waals surface area contributed by atoms with E-state index in [1.165, 1.54) is 0 Å². The zero-order valence-corrected chi connectivity index (χ0v) is 14.9. The second-order valence-electron chi connectivity index (χ2n) is 7.00. The Morgan fingerprint density at radius 2 is 0.821 bits per heavy atom. The Kier molecular flexibility index (Phi) is 2.87. The molecule has 0 saturated carbocycles. The number of hydrogen-bond donors (Lipinski definition) is 2. The minimum Gasteiger partial charge on any atom is -0.506 e. The van der Waals surface area contributed by atoms with Crippen LogP contribution in [0.3, 0.4) is 0 Å². The largest absolute Gasteiger partial charge is 0.506 e. The van der Waals surface area contributed by atoms with Crippen molar-refractivity contribution in [2.75, 3.05) is 0 Å². The molecule has 2 N–H and O–H groups in total. The number of fused-ring (bicyclic) bond motifs is 6. The van der Waals surface area contributed by atoms with Crippen LogP contribution in [0.4, 0.5) is 0 Å². The molecule has 6 rings (SSSR count). The fraction of sp³-hybridized carbons (Fsp3) is 0. The van der Waals surface area contributed by atoms with Gasteiger partial charge in [-0.1, -0.05) is 60.7 Å².